The van der Waals surface area contributed by atoms with Crippen molar-refractivity contribution in [2.45, 2.75) is 44.9 Å². The minimum Gasteiger partial charge on any atom is -0.379 e. The van der Waals surface area contributed by atoms with E-state index in [1.54, 1.807) is 11.3 Å². The van der Waals surface area contributed by atoms with Gasteiger partial charge in [-0.3, -0.25) is 0 Å². The van der Waals surface area contributed by atoms with E-state index in [4.69, 9.17) is 0 Å². The zero-order valence-corrected chi connectivity index (χ0v) is 13.8. The maximum atomic E-state index is 9.42. The van der Waals surface area contributed by atoms with Crippen LogP contribution in [0.2, 0.25) is 0 Å². The van der Waals surface area contributed by atoms with Crippen LogP contribution in [-0.2, 0) is 12.8 Å². The Morgan fingerprint density at radius 3 is 2.71 bits per heavy atom. The second-order valence-corrected chi connectivity index (χ2v) is 7.48. The Bertz CT molecular complexity index is 523. The molecule has 2 heterocycles. The summed E-state index contributed by atoms with van der Waals surface area (Å²) in [6.45, 7) is 3.56. The fourth-order valence-electron chi connectivity index (χ4n) is 3.83. The third-order valence-corrected chi connectivity index (χ3v) is 6.31. The Kier molecular flexibility index (Phi) is 4.82. The van der Waals surface area contributed by atoms with Crippen molar-refractivity contribution in [1.29, 1.82) is 5.26 Å². The van der Waals surface area contributed by atoms with Gasteiger partial charge in [0.1, 0.15) is 11.1 Å². The van der Waals surface area contributed by atoms with E-state index >= 15 is 0 Å². The normalized spacial score (nSPS) is 20.6. The topological polar surface area (TPSA) is 39.1 Å². The average Bonchev–Trinajstić information content (AvgIpc) is 2.76. The zero-order valence-electron chi connectivity index (χ0n) is 13.0. The zero-order chi connectivity index (χ0) is 14.7. The second kappa shape index (κ2) is 6.81. The lowest BCUT2D eigenvalue weighted by molar-refractivity contribution is 0.208. The van der Waals surface area contributed by atoms with Crippen molar-refractivity contribution in [3.05, 3.63) is 16.0 Å². The molecule has 0 aromatic carbocycles. The molecule has 1 aliphatic carbocycles. The molecule has 1 saturated carbocycles. The summed E-state index contributed by atoms with van der Waals surface area (Å²) in [5.41, 5.74) is 2.22. The fraction of sp³-hybridized carbons (Fsp3) is 0.706. The number of rotatable bonds is 3. The molecule has 0 saturated heterocycles. The van der Waals surface area contributed by atoms with Crippen LogP contribution < -0.4 is 5.32 Å². The maximum Gasteiger partial charge on any atom is 0.107 e. The van der Waals surface area contributed by atoms with Crippen LogP contribution >= 0.6 is 11.3 Å². The molecule has 1 aromatic heterocycles. The lowest BCUT2D eigenvalue weighted by Gasteiger charge is -2.28. The molecule has 0 bridgehead atoms. The minimum absolute atomic E-state index is 0.900. The van der Waals surface area contributed by atoms with Crippen LogP contribution in [0.4, 0.5) is 5.00 Å². The van der Waals surface area contributed by atoms with E-state index in [2.05, 4.69) is 16.3 Å². The third-order valence-electron chi connectivity index (χ3n) is 5.00. The van der Waals surface area contributed by atoms with Crippen LogP contribution in [-0.4, -0.2) is 31.6 Å². The highest BCUT2D eigenvalue weighted by atomic mass is 32.1. The molecule has 0 amide bonds. The molecule has 0 radical (unpaired) electrons. The van der Waals surface area contributed by atoms with Crippen LogP contribution in [0.25, 0.3) is 0 Å². The van der Waals surface area contributed by atoms with Crippen LogP contribution in [0, 0.1) is 17.2 Å². The van der Waals surface area contributed by atoms with E-state index in [9.17, 15) is 5.26 Å². The molecule has 1 aromatic rings. The molecule has 21 heavy (non-hydrogen) atoms. The highest BCUT2D eigenvalue weighted by Crippen LogP contribution is 2.35. The van der Waals surface area contributed by atoms with Gasteiger partial charge in [-0.05, 0) is 37.2 Å². The number of nitrogens with zero attached hydrogens (tertiary/aromatic N) is 2. The van der Waals surface area contributed by atoms with E-state index in [1.807, 2.05) is 7.05 Å². The van der Waals surface area contributed by atoms with Crippen molar-refractivity contribution >= 4 is 16.3 Å². The van der Waals surface area contributed by atoms with E-state index in [0.717, 1.165) is 42.4 Å². The van der Waals surface area contributed by atoms with Crippen molar-refractivity contribution in [3.8, 4) is 6.07 Å². The molecule has 0 unspecified atom stereocenters. The van der Waals surface area contributed by atoms with E-state index < -0.39 is 0 Å². The molecular formula is C17H25N3S. The molecule has 0 spiro atoms. The van der Waals surface area contributed by atoms with Crippen LogP contribution in [0.5, 0.6) is 0 Å². The van der Waals surface area contributed by atoms with Gasteiger partial charge in [0.05, 0.1) is 5.56 Å². The van der Waals surface area contributed by atoms with E-state index in [-0.39, 0.29) is 0 Å². The first-order chi connectivity index (χ1) is 10.3. The third kappa shape index (κ3) is 3.25. The summed E-state index contributed by atoms with van der Waals surface area (Å²) in [5.74, 6) is 0.915. The first-order valence-corrected chi connectivity index (χ1v) is 9.08. The van der Waals surface area contributed by atoms with Gasteiger partial charge in [-0.15, -0.1) is 11.3 Å². The van der Waals surface area contributed by atoms with Crippen molar-refractivity contribution < 1.29 is 0 Å². The monoisotopic (exact) mass is 303 g/mol. The molecule has 1 aliphatic heterocycles. The first-order valence-electron chi connectivity index (χ1n) is 8.26. The Hall–Kier alpha value is -1.05. The summed E-state index contributed by atoms with van der Waals surface area (Å²) in [6.07, 6.45) is 9.29. The first kappa shape index (κ1) is 14.9. The van der Waals surface area contributed by atoms with E-state index in [1.165, 1.54) is 49.1 Å². The van der Waals surface area contributed by atoms with Crippen LogP contribution in [0.15, 0.2) is 0 Å². The summed E-state index contributed by atoms with van der Waals surface area (Å²) < 4.78 is 0. The fourth-order valence-corrected chi connectivity index (χ4v) is 4.97. The molecule has 3 rings (SSSR count). The summed E-state index contributed by atoms with van der Waals surface area (Å²) >= 11 is 1.79. The Balaban J connectivity index is 1.65. The predicted octanol–water partition coefficient (Wildman–Crippen LogP) is 3.64. The van der Waals surface area contributed by atoms with Gasteiger partial charge in [-0.2, -0.15) is 5.26 Å². The van der Waals surface area contributed by atoms with Crippen molar-refractivity contribution in [3.63, 3.8) is 0 Å². The highest BCUT2D eigenvalue weighted by Gasteiger charge is 2.23. The number of thiophene rings is 1. The Labute approximate surface area is 132 Å². The maximum absolute atomic E-state index is 9.42. The van der Waals surface area contributed by atoms with Crippen LogP contribution in [0.3, 0.4) is 0 Å². The Morgan fingerprint density at radius 1 is 1.24 bits per heavy atom. The molecule has 1 N–H and O–H groups in total. The molecular weight excluding hydrogens is 278 g/mol. The quantitative estimate of drug-likeness (QED) is 0.926. The number of anilines is 1. The number of fused-ring (bicyclic) bond motifs is 1. The lowest BCUT2D eigenvalue weighted by Crippen LogP contribution is -2.32. The van der Waals surface area contributed by atoms with Crippen LogP contribution in [0.1, 0.15) is 48.1 Å². The van der Waals surface area contributed by atoms with Gasteiger partial charge in [0.25, 0.3) is 0 Å². The number of nitrogens with one attached hydrogen (secondary N) is 1. The van der Waals surface area contributed by atoms with Gasteiger partial charge < -0.3 is 10.2 Å². The van der Waals surface area contributed by atoms with Crippen molar-refractivity contribution in [1.82, 2.24) is 4.90 Å². The summed E-state index contributed by atoms with van der Waals surface area (Å²) in [6, 6.07) is 2.41. The van der Waals surface area contributed by atoms with Gasteiger partial charge in [0, 0.05) is 31.6 Å². The standard InChI is InChI=1S/C17H25N3S/c1-19-17-15(11-18)14-7-9-20(10-8-16(14)21-17)12-13-5-3-2-4-6-13/h13,19H,2-10,12H2,1H3. The molecule has 114 valence electrons. The van der Waals surface area contributed by atoms with Gasteiger partial charge in [0.15, 0.2) is 0 Å². The summed E-state index contributed by atoms with van der Waals surface area (Å²) in [7, 11) is 1.92. The lowest BCUT2D eigenvalue weighted by atomic mass is 9.89. The predicted molar refractivity (Wildman–Crippen MR) is 89.0 cm³/mol. The number of hydrogen-bond donors (Lipinski definition) is 1. The Morgan fingerprint density at radius 2 is 2.00 bits per heavy atom. The van der Waals surface area contributed by atoms with E-state index in [0.29, 0.717) is 0 Å². The molecule has 0 atom stereocenters. The van der Waals surface area contributed by atoms with Gasteiger partial charge in [0.2, 0.25) is 0 Å². The average molecular weight is 303 g/mol. The summed E-state index contributed by atoms with van der Waals surface area (Å²) in [4.78, 5) is 4.07. The molecule has 4 heteroatoms. The second-order valence-electron chi connectivity index (χ2n) is 6.37. The largest absolute Gasteiger partial charge is 0.379 e. The smallest absolute Gasteiger partial charge is 0.107 e. The highest BCUT2D eigenvalue weighted by molar-refractivity contribution is 7.16. The number of nitriles is 1. The molecule has 1 fully saturated rings. The van der Waals surface area contributed by atoms with Gasteiger partial charge in [-0.1, -0.05) is 19.3 Å². The SMILES string of the molecule is CNc1sc2c(c1C#N)CCN(CC1CCCCC1)CC2. The number of hydrogen-bond acceptors (Lipinski definition) is 4. The molecule has 2 aliphatic rings. The van der Waals surface area contributed by atoms with Crippen molar-refractivity contribution in [2.75, 3.05) is 32.0 Å². The molecule has 3 nitrogen and oxygen atoms in total. The summed E-state index contributed by atoms with van der Waals surface area (Å²) in [5, 5.41) is 13.7. The van der Waals surface area contributed by atoms with Gasteiger partial charge >= 0.3 is 0 Å². The minimum atomic E-state index is 0.900. The van der Waals surface area contributed by atoms with Crippen molar-refractivity contribution in [2.24, 2.45) is 5.92 Å². The van der Waals surface area contributed by atoms with Gasteiger partial charge in [-0.25, -0.2) is 0 Å².